The lowest BCUT2D eigenvalue weighted by Gasteiger charge is -2.40. The highest BCUT2D eigenvalue weighted by molar-refractivity contribution is 6.48. The first-order chi connectivity index (χ1) is 18.2. The second-order valence-corrected chi connectivity index (χ2v) is 11.5. The summed E-state index contributed by atoms with van der Waals surface area (Å²) >= 11 is 6.51. The lowest BCUT2D eigenvalue weighted by atomic mass is 9.89. The second-order valence-electron chi connectivity index (χ2n) is 11.1. The fourth-order valence-electron chi connectivity index (χ4n) is 4.84. The van der Waals surface area contributed by atoms with Crippen LogP contribution in [0.25, 0.3) is 0 Å². The largest absolute Gasteiger partial charge is 0.444 e. The molecular weight excluding hydrogens is 534 g/mol. The van der Waals surface area contributed by atoms with E-state index >= 15 is 0 Å². The Labute approximate surface area is 229 Å². The van der Waals surface area contributed by atoms with Crippen LogP contribution < -0.4 is 10.6 Å². The van der Waals surface area contributed by atoms with E-state index in [0.717, 1.165) is 12.1 Å². The standard InChI is InChI=1S/C27H31ClF2N4O5/c1-26(2,3)39-25(38)33-12-9-27(4,10-13-33)32-24(37)22(35)21-20(28)19(18-6-5-11-34(18)21)23(36)31-15-7-8-16(29)17(30)14-15/h7-8,14H,5-6,9-13H2,1-4H3,(H,31,36)(H,32,37). The zero-order valence-corrected chi connectivity index (χ0v) is 23.0. The van der Waals surface area contributed by atoms with Gasteiger partial charge in [0.2, 0.25) is 0 Å². The molecule has 1 aromatic carbocycles. The maximum absolute atomic E-state index is 13.6. The third-order valence-corrected chi connectivity index (χ3v) is 7.23. The van der Waals surface area contributed by atoms with Gasteiger partial charge in [-0.1, -0.05) is 11.6 Å². The van der Waals surface area contributed by atoms with Crippen LogP contribution in [0, 0.1) is 11.6 Å². The van der Waals surface area contributed by atoms with Crippen LogP contribution >= 0.6 is 11.6 Å². The highest BCUT2D eigenvalue weighted by atomic mass is 35.5. The van der Waals surface area contributed by atoms with Gasteiger partial charge in [0.05, 0.1) is 10.6 Å². The molecule has 1 fully saturated rings. The van der Waals surface area contributed by atoms with Crippen molar-refractivity contribution in [2.24, 2.45) is 0 Å². The van der Waals surface area contributed by atoms with E-state index in [1.165, 1.54) is 6.07 Å². The molecule has 0 radical (unpaired) electrons. The predicted octanol–water partition coefficient (Wildman–Crippen LogP) is 4.71. The predicted molar refractivity (Wildman–Crippen MR) is 140 cm³/mol. The van der Waals surface area contributed by atoms with Crippen molar-refractivity contribution in [3.63, 3.8) is 0 Å². The number of ketones is 1. The number of hydrogen-bond acceptors (Lipinski definition) is 5. The molecule has 2 aliphatic heterocycles. The highest BCUT2D eigenvalue weighted by Gasteiger charge is 2.39. The Morgan fingerprint density at radius 1 is 1.05 bits per heavy atom. The van der Waals surface area contributed by atoms with E-state index < -0.39 is 46.5 Å². The molecule has 39 heavy (non-hydrogen) atoms. The minimum atomic E-state index is -1.13. The van der Waals surface area contributed by atoms with Crippen molar-refractivity contribution >= 4 is 41.0 Å². The molecule has 3 amide bonds. The van der Waals surface area contributed by atoms with Crippen LogP contribution in [0.5, 0.6) is 0 Å². The van der Waals surface area contributed by atoms with Crippen molar-refractivity contribution in [1.29, 1.82) is 0 Å². The molecule has 0 atom stereocenters. The number of anilines is 1. The molecule has 2 aromatic rings. The summed E-state index contributed by atoms with van der Waals surface area (Å²) in [4.78, 5) is 53.4. The average Bonchev–Trinajstić information content (AvgIpc) is 3.39. The Morgan fingerprint density at radius 2 is 1.72 bits per heavy atom. The van der Waals surface area contributed by atoms with Gasteiger partial charge >= 0.3 is 6.09 Å². The number of nitrogens with zero attached hydrogens (tertiary/aromatic N) is 2. The number of rotatable bonds is 5. The topological polar surface area (TPSA) is 110 Å². The Kier molecular flexibility index (Phi) is 7.75. The number of carbonyl (C=O) groups excluding carboxylic acids is 4. The Morgan fingerprint density at radius 3 is 2.33 bits per heavy atom. The summed E-state index contributed by atoms with van der Waals surface area (Å²) in [7, 11) is 0. The number of hydrogen-bond donors (Lipinski definition) is 2. The van der Waals surface area contributed by atoms with Crippen LogP contribution in [0.4, 0.5) is 19.3 Å². The third kappa shape index (κ3) is 6.08. The number of nitrogens with one attached hydrogen (secondary N) is 2. The van der Waals surface area contributed by atoms with Crippen LogP contribution in [-0.2, 0) is 22.5 Å². The van der Waals surface area contributed by atoms with Crippen LogP contribution in [0.2, 0.25) is 5.02 Å². The average molecular weight is 565 g/mol. The number of amides is 3. The number of Topliss-reactive ketones (excluding diaryl/α,β-unsaturated/α-hetero) is 1. The first-order valence-electron chi connectivity index (χ1n) is 12.7. The zero-order chi connectivity index (χ0) is 28.7. The number of piperidine rings is 1. The molecular formula is C27H31ClF2N4O5. The first kappa shape index (κ1) is 28.5. The van der Waals surface area contributed by atoms with Crippen LogP contribution in [0.15, 0.2) is 18.2 Å². The van der Waals surface area contributed by atoms with Crippen molar-refractivity contribution in [2.75, 3.05) is 18.4 Å². The quantitative estimate of drug-likeness (QED) is 0.404. The Bertz CT molecular complexity index is 1340. The molecule has 0 saturated carbocycles. The number of likely N-dealkylation sites (tertiary alicyclic amines) is 1. The van der Waals surface area contributed by atoms with E-state index in [1.807, 2.05) is 0 Å². The van der Waals surface area contributed by atoms with Gasteiger partial charge in [-0.15, -0.1) is 0 Å². The van der Waals surface area contributed by atoms with Crippen LogP contribution in [0.1, 0.15) is 73.5 Å². The lowest BCUT2D eigenvalue weighted by Crippen LogP contribution is -2.56. The number of carbonyl (C=O) groups is 4. The maximum atomic E-state index is 13.6. The van der Waals surface area contributed by atoms with Crippen LogP contribution in [-0.4, -0.2) is 57.4 Å². The molecule has 0 unspecified atom stereocenters. The summed E-state index contributed by atoms with van der Waals surface area (Å²) in [5.41, 5.74) is -0.929. The van der Waals surface area contributed by atoms with E-state index in [9.17, 15) is 28.0 Å². The minimum absolute atomic E-state index is 0.0178. The smallest absolute Gasteiger partial charge is 0.410 e. The van der Waals surface area contributed by atoms with Gasteiger partial charge < -0.3 is 24.8 Å². The van der Waals surface area contributed by atoms with Gasteiger partial charge in [0, 0.05) is 42.6 Å². The van der Waals surface area contributed by atoms with Crippen molar-refractivity contribution in [3.8, 4) is 0 Å². The highest BCUT2D eigenvalue weighted by Crippen LogP contribution is 2.34. The molecule has 12 heteroatoms. The normalized spacial score (nSPS) is 16.4. The second kappa shape index (κ2) is 10.6. The summed E-state index contributed by atoms with van der Waals surface area (Å²) in [6, 6.07) is 2.93. The van der Waals surface area contributed by atoms with Gasteiger partial charge in [0.1, 0.15) is 11.3 Å². The van der Waals surface area contributed by atoms with Crippen molar-refractivity contribution in [3.05, 3.63) is 51.8 Å². The monoisotopic (exact) mass is 564 g/mol. The molecule has 2 N–H and O–H groups in total. The van der Waals surface area contributed by atoms with Gasteiger partial charge in [0.25, 0.3) is 17.6 Å². The van der Waals surface area contributed by atoms with Gasteiger partial charge in [0.15, 0.2) is 11.6 Å². The first-order valence-corrected chi connectivity index (χ1v) is 13.1. The van der Waals surface area contributed by atoms with Crippen LogP contribution in [0.3, 0.4) is 0 Å². The molecule has 210 valence electrons. The number of halogens is 3. The molecule has 4 rings (SSSR count). The van der Waals surface area contributed by atoms with E-state index in [4.69, 9.17) is 16.3 Å². The van der Waals surface area contributed by atoms with Crippen molar-refractivity contribution in [1.82, 2.24) is 14.8 Å². The summed E-state index contributed by atoms with van der Waals surface area (Å²) in [6.07, 6.45) is 1.47. The van der Waals surface area contributed by atoms with E-state index in [-0.39, 0.29) is 22.0 Å². The number of aromatic nitrogens is 1. The summed E-state index contributed by atoms with van der Waals surface area (Å²) in [5, 5.41) is 5.10. The summed E-state index contributed by atoms with van der Waals surface area (Å²) in [5.74, 6) is -4.63. The third-order valence-electron chi connectivity index (χ3n) is 6.87. The fourth-order valence-corrected chi connectivity index (χ4v) is 5.22. The van der Waals surface area contributed by atoms with E-state index in [1.54, 1.807) is 37.2 Å². The molecule has 9 nitrogen and oxygen atoms in total. The summed E-state index contributed by atoms with van der Waals surface area (Å²) < 4.78 is 33.9. The minimum Gasteiger partial charge on any atom is -0.444 e. The molecule has 2 aliphatic rings. The maximum Gasteiger partial charge on any atom is 0.410 e. The van der Waals surface area contributed by atoms with Crippen molar-refractivity contribution < 1.29 is 32.7 Å². The SMILES string of the molecule is CC1(NC(=O)C(=O)c2c(Cl)c(C(=O)Nc3ccc(F)c(F)c3)c3n2CCC3)CCN(C(=O)OC(C)(C)C)CC1. The van der Waals surface area contributed by atoms with Gasteiger partial charge in [-0.25, -0.2) is 13.6 Å². The number of fused-ring (bicyclic) bond motifs is 1. The molecule has 0 spiro atoms. The molecule has 0 aliphatic carbocycles. The molecule has 1 saturated heterocycles. The molecule has 0 bridgehead atoms. The fraction of sp³-hybridized carbons (Fsp3) is 0.481. The summed E-state index contributed by atoms with van der Waals surface area (Å²) in [6.45, 7) is 8.23. The van der Waals surface area contributed by atoms with E-state index in [2.05, 4.69) is 10.6 Å². The Balaban J connectivity index is 1.48. The van der Waals surface area contributed by atoms with E-state index in [0.29, 0.717) is 51.0 Å². The van der Waals surface area contributed by atoms with Crippen molar-refractivity contribution in [2.45, 2.75) is 71.1 Å². The molecule has 1 aromatic heterocycles. The lowest BCUT2D eigenvalue weighted by molar-refractivity contribution is -0.119. The van der Waals surface area contributed by atoms with Gasteiger partial charge in [-0.2, -0.15) is 0 Å². The number of benzene rings is 1. The van der Waals surface area contributed by atoms with Gasteiger partial charge in [-0.05, 0) is 65.5 Å². The van der Waals surface area contributed by atoms with Gasteiger partial charge in [-0.3, -0.25) is 14.4 Å². The number of ether oxygens (including phenoxy) is 1. The Hall–Kier alpha value is -3.47. The zero-order valence-electron chi connectivity index (χ0n) is 22.3. The molecule has 3 heterocycles.